The molecule has 0 aromatic carbocycles. The van der Waals surface area contributed by atoms with E-state index >= 15 is 0 Å². The first kappa shape index (κ1) is 36.8. The SMILES string of the molecule is NC(CCC(=O)CC(CSSCC(NC(=O)CCC(N)C(=O)O)C(=O)CCC(=O)O)C(=O)NCC(=O)O)C(=O)O. The highest BCUT2D eigenvalue weighted by molar-refractivity contribution is 8.76. The van der Waals surface area contributed by atoms with Crippen LogP contribution in [0.1, 0.15) is 44.9 Å². The van der Waals surface area contributed by atoms with Gasteiger partial charge in [-0.15, -0.1) is 0 Å². The Balaban J connectivity index is 5.18. The van der Waals surface area contributed by atoms with Crippen molar-refractivity contribution in [1.29, 1.82) is 0 Å². The van der Waals surface area contributed by atoms with Crippen LogP contribution in [0.4, 0.5) is 0 Å². The molecule has 226 valence electrons. The number of carbonyl (C=O) groups excluding carboxylic acids is 4. The van der Waals surface area contributed by atoms with Crippen LogP contribution in [-0.4, -0.2) is 104 Å². The van der Waals surface area contributed by atoms with Crippen molar-refractivity contribution in [1.82, 2.24) is 10.6 Å². The summed E-state index contributed by atoms with van der Waals surface area (Å²) in [4.78, 5) is 92.8. The largest absolute Gasteiger partial charge is 0.481 e. The molecule has 0 saturated heterocycles. The van der Waals surface area contributed by atoms with Crippen molar-refractivity contribution >= 4 is 68.8 Å². The van der Waals surface area contributed by atoms with Crippen LogP contribution in [0.3, 0.4) is 0 Å². The minimum absolute atomic E-state index is 0.0235. The van der Waals surface area contributed by atoms with Crippen molar-refractivity contribution in [3.8, 4) is 0 Å². The van der Waals surface area contributed by atoms with Crippen molar-refractivity contribution in [2.24, 2.45) is 17.4 Å². The first-order valence-electron chi connectivity index (χ1n) is 11.9. The van der Waals surface area contributed by atoms with Crippen molar-refractivity contribution in [3.05, 3.63) is 0 Å². The van der Waals surface area contributed by atoms with Gasteiger partial charge in [0.05, 0.1) is 18.4 Å². The van der Waals surface area contributed by atoms with Crippen LogP contribution < -0.4 is 22.1 Å². The van der Waals surface area contributed by atoms with Crippen LogP contribution in [0.25, 0.3) is 0 Å². The molecule has 0 aliphatic carbocycles. The van der Waals surface area contributed by atoms with Crippen LogP contribution >= 0.6 is 21.6 Å². The van der Waals surface area contributed by atoms with E-state index < -0.39 is 84.3 Å². The van der Waals surface area contributed by atoms with E-state index in [0.717, 1.165) is 21.6 Å². The summed E-state index contributed by atoms with van der Waals surface area (Å²) in [6.07, 6.45) is -2.06. The fraction of sp³-hybridized carbons (Fsp3) is 0.636. The van der Waals surface area contributed by atoms with Gasteiger partial charge in [0.25, 0.3) is 0 Å². The summed E-state index contributed by atoms with van der Waals surface area (Å²) >= 11 is 0. The third-order valence-electron chi connectivity index (χ3n) is 5.21. The van der Waals surface area contributed by atoms with Gasteiger partial charge in [0, 0.05) is 37.2 Å². The molecule has 0 heterocycles. The summed E-state index contributed by atoms with van der Waals surface area (Å²) in [6.45, 7) is -0.692. The van der Waals surface area contributed by atoms with Gasteiger partial charge < -0.3 is 42.5 Å². The fourth-order valence-electron chi connectivity index (χ4n) is 2.89. The normalized spacial score (nSPS) is 13.8. The molecule has 4 unspecified atom stereocenters. The summed E-state index contributed by atoms with van der Waals surface area (Å²) < 4.78 is 0. The standard InChI is InChI=1S/C22H34N4O12S2/c23-13(21(35)36)2-1-12(27)7-11(20(34)25-8-19(32)33)9-39-40-10-15(16(28)4-6-18(30)31)26-17(29)5-3-14(24)22(37)38/h11,13-15H,1-10,23-24H2,(H,25,34)(H,26,29)(H,30,31)(H,32,33)(H,35,36)(H,37,38). The lowest BCUT2D eigenvalue weighted by Gasteiger charge is -2.19. The predicted octanol–water partition coefficient (Wildman–Crippen LogP) is -1.55. The Hall–Kier alpha value is -3.22. The maximum absolute atomic E-state index is 12.5. The average Bonchev–Trinajstić information content (AvgIpc) is 2.87. The molecule has 0 aromatic heterocycles. The number of carboxylic acids is 4. The first-order valence-corrected chi connectivity index (χ1v) is 14.4. The van der Waals surface area contributed by atoms with Gasteiger partial charge in [-0.25, -0.2) is 0 Å². The molecule has 4 atom stereocenters. The molecule has 0 saturated carbocycles. The number of carbonyl (C=O) groups is 8. The Morgan fingerprint density at radius 3 is 1.77 bits per heavy atom. The van der Waals surface area contributed by atoms with Crippen LogP contribution in [0.15, 0.2) is 0 Å². The third kappa shape index (κ3) is 17.4. The first-order chi connectivity index (χ1) is 18.6. The average molecular weight is 611 g/mol. The highest BCUT2D eigenvalue weighted by Crippen LogP contribution is 2.27. The van der Waals surface area contributed by atoms with E-state index in [0.29, 0.717) is 0 Å². The Labute approximate surface area is 236 Å². The highest BCUT2D eigenvalue weighted by atomic mass is 33.1. The second kappa shape index (κ2) is 19.8. The summed E-state index contributed by atoms with van der Waals surface area (Å²) in [5.41, 5.74) is 10.7. The molecular formula is C22H34N4O12S2. The predicted molar refractivity (Wildman–Crippen MR) is 142 cm³/mol. The molecule has 0 aromatic rings. The summed E-state index contributed by atoms with van der Waals surface area (Å²) in [6, 6.07) is -3.69. The van der Waals surface area contributed by atoms with Gasteiger partial charge in [-0.2, -0.15) is 0 Å². The minimum Gasteiger partial charge on any atom is -0.481 e. The van der Waals surface area contributed by atoms with E-state index in [-0.39, 0.29) is 50.0 Å². The molecule has 16 nitrogen and oxygen atoms in total. The smallest absolute Gasteiger partial charge is 0.322 e. The van der Waals surface area contributed by atoms with Crippen molar-refractivity contribution in [3.63, 3.8) is 0 Å². The topological polar surface area (TPSA) is 294 Å². The summed E-state index contributed by atoms with van der Waals surface area (Å²) in [7, 11) is 2.06. The second-order valence-electron chi connectivity index (χ2n) is 8.57. The van der Waals surface area contributed by atoms with Crippen LogP contribution in [-0.2, 0) is 38.4 Å². The number of carboxylic acid groups (broad SMARTS) is 4. The molecule has 0 radical (unpaired) electrons. The molecular weight excluding hydrogens is 576 g/mol. The molecule has 2 amide bonds. The number of hydrogen-bond acceptors (Lipinski definition) is 12. The van der Waals surface area contributed by atoms with Gasteiger partial charge in [-0.1, -0.05) is 21.6 Å². The lowest BCUT2D eigenvalue weighted by Crippen LogP contribution is -2.43. The molecule has 0 aliphatic rings. The van der Waals surface area contributed by atoms with E-state index in [4.69, 9.17) is 31.9 Å². The van der Waals surface area contributed by atoms with Gasteiger partial charge in [-0.05, 0) is 12.8 Å². The number of ketones is 2. The maximum Gasteiger partial charge on any atom is 0.322 e. The Morgan fingerprint density at radius 2 is 1.25 bits per heavy atom. The van der Waals surface area contributed by atoms with Crippen LogP contribution in [0, 0.1) is 5.92 Å². The number of nitrogens with two attached hydrogens (primary N) is 2. The number of aliphatic carboxylic acids is 4. The highest BCUT2D eigenvalue weighted by Gasteiger charge is 2.26. The van der Waals surface area contributed by atoms with Gasteiger partial charge in [0.15, 0.2) is 5.78 Å². The lowest BCUT2D eigenvalue weighted by molar-refractivity contribution is -0.140. The van der Waals surface area contributed by atoms with E-state index in [1.807, 2.05) is 0 Å². The zero-order valence-electron chi connectivity index (χ0n) is 21.4. The maximum atomic E-state index is 12.5. The number of rotatable bonds is 23. The number of amides is 2. The van der Waals surface area contributed by atoms with E-state index in [2.05, 4.69) is 10.6 Å². The Morgan fingerprint density at radius 1 is 0.700 bits per heavy atom. The van der Waals surface area contributed by atoms with Gasteiger partial charge in [-0.3, -0.25) is 38.4 Å². The lowest BCUT2D eigenvalue weighted by atomic mass is 9.99. The number of nitrogens with one attached hydrogen (secondary N) is 2. The Bertz CT molecular complexity index is 875. The van der Waals surface area contributed by atoms with Gasteiger partial charge in [0.2, 0.25) is 11.8 Å². The second-order valence-corrected chi connectivity index (χ2v) is 11.1. The number of Topliss-reactive ketones (excluding diaryl/α,β-unsaturated/α-hetero) is 2. The summed E-state index contributed by atoms with van der Waals surface area (Å²) in [5.74, 6) is -8.69. The number of hydrogen-bond donors (Lipinski definition) is 8. The third-order valence-corrected chi connectivity index (χ3v) is 7.70. The van der Waals surface area contributed by atoms with Crippen molar-refractivity contribution in [2.75, 3.05) is 18.1 Å². The molecule has 0 bridgehead atoms. The van der Waals surface area contributed by atoms with Crippen LogP contribution in [0.5, 0.6) is 0 Å². The Kier molecular flexibility index (Phi) is 18.2. The van der Waals surface area contributed by atoms with Crippen molar-refractivity contribution in [2.45, 2.75) is 63.1 Å². The molecule has 0 rings (SSSR count). The monoisotopic (exact) mass is 610 g/mol. The molecule has 18 heteroatoms. The molecule has 0 aliphatic heterocycles. The fourth-order valence-corrected chi connectivity index (χ4v) is 5.40. The molecule has 40 heavy (non-hydrogen) atoms. The molecule has 0 spiro atoms. The molecule has 10 N–H and O–H groups in total. The van der Waals surface area contributed by atoms with Crippen LogP contribution in [0.2, 0.25) is 0 Å². The van der Waals surface area contributed by atoms with Crippen molar-refractivity contribution < 1.29 is 58.8 Å². The minimum atomic E-state index is -1.31. The summed E-state index contributed by atoms with van der Waals surface area (Å²) in [5, 5.41) is 39.9. The quantitative estimate of drug-likeness (QED) is 0.0479. The van der Waals surface area contributed by atoms with Gasteiger partial charge >= 0.3 is 23.9 Å². The zero-order valence-corrected chi connectivity index (χ0v) is 23.0. The van der Waals surface area contributed by atoms with E-state index in [9.17, 15) is 38.4 Å². The zero-order chi connectivity index (χ0) is 30.8. The van der Waals surface area contributed by atoms with E-state index in [1.54, 1.807) is 0 Å². The van der Waals surface area contributed by atoms with Gasteiger partial charge in [0.1, 0.15) is 24.4 Å². The molecule has 0 fully saturated rings. The van der Waals surface area contributed by atoms with E-state index in [1.165, 1.54) is 0 Å².